The van der Waals surface area contributed by atoms with Crippen LogP contribution in [0.25, 0.3) is 0 Å². The number of anilines is 2. The molecule has 0 fully saturated rings. The predicted octanol–water partition coefficient (Wildman–Crippen LogP) is 4.84. The normalized spacial score (nSPS) is 14.6. The highest BCUT2D eigenvalue weighted by Gasteiger charge is 2.34. The smallest absolute Gasteiger partial charge is 0.255 e. The fraction of sp³-hybridized carbons (Fsp3) is 0.154. The Hall–Kier alpha value is -4.37. The van der Waals surface area contributed by atoms with Gasteiger partial charge in [-0.1, -0.05) is 59.2 Å². The zero-order chi connectivity index (χ0) is 25.1. The third-order valence-corrected chi connectivity index (χ3v) is 6.23. The SMILES string of the molecule is COc1ccccc1NC(=O)C1=C(C)Nc2nnnn2C1c1ccc(OCc2ccccc2Cl)cc1. The summed E-state index contributed by atoms with van der Waals surface area (Å²) in [7, 11) is 1.56. The fourth-order valence-corrected chi connectivity index (χ4v) is 4.27. The van der Waals surface area contributed by atoms with E-state index in [0.717, 1.165) is 11.1 Å². The Balaban J connectivity index is 1.42. The van der Waals surface area contributed by atoms with Crippen LogP contribution in [0, 0.1) is 0 Å². The van der Waals surface area contributed by atoms with Crippen molar-refractivity contribution in [2.24, 2.45) is 0 Å². The standard InChI is InChI=1S/C26H23ClN6O3/c1-16-23(25(34)29-21-9-5-6-10-22(21)35-2)24(33-26(28-16)30-31-32-33)17-11-13-19(14-12-17)36-15-18-7-3-4-8-20(18)27/h3-14,24H,15H2,1-2H3,(H,29,34)(H,28,30,32). The highest BCUT2D eigenvalue weighted by atomic mass is 35.5. The van der Waals surface area contributed by atoms with E-state index in [4.69, 9.17) is 21.1 Å². The molecule has 0 saturated heterocycles. The van der Waals surface area contributed by atoms with Crippen molar-refractivity contribution in [1.29, 1.82) is 0 Å². The summed E-state index contributed by atoms with van der Waals surface area (Å²) >= 11 is 6.23. The minimum absolute atomic E-state index is 0.297. The molecule has 9 nitrogen and oxygen atoms in total. The van der Waals surface area contributed by atoms with Gasteiger partial charge in [-0.2, -0.15) is 4.68 Å². The van der Waals surface area contributed by atoms with Gasteiger partial charge in [0.15, 0.2) is 0 Å². The van der Waals surface area contributed by atoms with Gasteiger partial charge < -0.3 is 20.1 Å². The Morgan fingerprint density at radius 1 is 1.08 bits per heavy atom. The van der Waals surface area contributed by atoms with Gasteiger partial charge in [0.2, 0.25) is 5.95 Å². The number of methoxy groups -OCH3 is 1. The maximum Gasteiger partial charge on any atom is 0.255 e. The van der Waals surface area contributed by atoms with Gasteiger partial charge in [-0.3, -0.25) is 4.79 Å². The number of tetrazole rings is 1. The number of hydrogen-bond acceptors (Lipinski definition) is 7. The summed E-state index contributed by atoms with van der Waals surface area (Å²) in [6.07, 6.45) is 0. The molecule has 1 amide bonds. The van der Waals surface area contributed by atoms with Crippen LogP contribution in [0.15, 0.2) is 84.1 Å². The summed E-state index contributed by atoms with van der Waals surface area (Å²) in [6.45, 7) is 2.17. The van der Waals surface area contributed by atoms with Crippen molar-refractivity contribution in [2.75, 3.05) is 17.7 Å². The van der Waals surface area contributed by atoms with Gasteiger partial charge >= 0.3 is 0 Å². The number of fused-ring (bicyclic) bond motifs is 1. The number of rotatable bonds is 7. The second-order valence-corrected chi connectivity index (χ2v) is 8.52. The van der Waals surface area contributed by atoms with Crippen LogP contribution in [0.5, 0.6) is 11.5 Å². The van der Waals surface area contributed by atoms with Crippen molar-refractivity contribution < 1.29 is 14.3 Å². The van der Waals surface area contributed by atoms with Gasteiger partial charge in [-0.25, -0.2) is 0 Å². The summed E-state index contributed by atoms with van der Waals surface area (Å²) in [5.41, 5.74) is 3.41. The van der Waals surface area contributed by atoms with Gasteiger partial charge in [0.05, 0.1) is 18.4 Å². The molecular formula is C26H23ClN6O3. The fourth-order valence-electron chi connectivity index (χ4n) is 4.08. The summed E-state index contributed by atoms with van der Waals surface area (Å²) < 4.78 is 12.9. The first kappa shape index (κ1) is 23.4. The van der Waals surface area contributed by atoms with Crippen molar-refractivity contribution in [1.82, 2.24) is 20.2 Å². The van der Waals surface area contributed by atoms with Gasteiger partial charge in [-0.15, -0.1) is 0 Å². The third kappa shape index (κ3) is 4.60. The average molecular weight is 503 g/mol. The highest BCUT2D eigenvalue weighted by molar-refractivity contribution is 6.31. The van der Waals surface area contributed by atoms with E-state index in [9.17, 15) is 4.79 Å². The molecule has 10 heteroatoms. The van der Waals surface area contributed by atoms with Gasteiger partial charge in [-0.05, 0) is 53.2 Å². The first-order valence-corrected chi connectivity index (χ1v) is 11.6. The molecular weight excluding hydrogens is 480 g/mol. The van der Waals surface area contributed by atoms with E-state index in [1.807, 2.05) is 67.6 Å². The number of nitrogens with one attached hydrogen (secondary N) is 2. The quantitative estimate of drug-likeness (QED) is 0.372. The van der Waals surface area contributed by atoms with E-state index < -0.39 is 6.04 Å². The molecule has 0 radical (unpaired) electrons. The topological polar surface area (TPSA) is 103 Å². The molecule has 1 aliphatic rings. The number of para-hydroxylation sites is 2. The summed E-state index contributed by atoms with van der Waals surface area (Å²) in [4.78, 5) is 13.5. The third-order valence-electron chi connectivity index (χ3n) is 5.86. The lowest BCUT2D eigenvalue weighted by Crippen LogP contribution is -2.31. The average Bonchev–Trinajstić information content (AvgIpc) is 3.36. The maximum absolute atomic E-state index is 13.5. The zero-order valence-electron chi connectivity index (χ0n) is 19.6. The van der Waals surface area contributed by atoms with Crippen molar-refractivity contribution in [3.8, 4) is 11.5 Å². The van der Waals surface area contributed by atoms with Gasteiger partial charge in [0, 0.05) is 16.3 Å². The largest absolute Gasteiger partial charge is 0.495 e. The Bertz CT molecular complexity index is 1430. The zero-order valence-corrected chi connectivity index (χ0v) is 20.4. The maximum atomic E-state index is 13.5. The molecule has 3 aromatic carbocycles. The molecule has 1 aromatic heterocycles. The predicted molar refractivity (Wildman–Crippen MR) is 136 cm³/mol. The number of halogens is 1. The summed E-state index contributed by atoms with van der Waals surface area (Å²) in [5.74, 6) is 1.39. The second kappa shape index (κ2) is 10.1. The van der Waals surface area contributed by atoms with Crippen LogP contribution in [0.2, 0.25) is 5.02 Å². The van der Waals surface area contributed by atoms with Crippen LogP contribution in [-0.2, 0) is 11.4 Å². The molecule has 1 atom stereocenters. The van der Waals surface area contributed by atoms with Gasteiger partial charge in [0.25, 0.3) is 5.91 Å². The molecule has 0 bridgehead atoms. The van der Waals surface area contributed by atoms with E-state index in [2.05, 4.69) is 26.2 Å². The van der Waals surface area contributed by atoms with Crippen LogP contribution in [-0.4, -0.2) is 33.2 Å². The first-order valence-electron chi connectivity index (χ1n) is 11.2. The molecule has 0 saturated carbocycles. The Labute approximate surface area is 212 Å². The van der Waals surface area contributed by atoms with E-state index in [1.165, 1.54) is 0 Å². The van der Waals surface area contributed by atoms with E-state index in [-0.39, 0.29) is 5.91 Å². The van der Waals surface area contributed by atoms with Crippen molar-refractivity contribution in [3.63, 3.8) is 0 Å². The lowest BCUT2D eigenvalue weighted by Gasteiger charge is -2.28. The van der Waals surface area contributed by atoms with Crippen molar-refractivity contribution in [2.45, 2.75) is 19.6 Å². The Morgan fingerprint density at radius 2 is 1.83 bits per heavy atom. The van der Waals surface area contributed by atoms with Crippen molar-refractivity contribution in [3.05, 3.63) is 100 Å². The molecule has 0 aliphatic carbocycles. The number of benzene rings is 3. The Kier molecular flexibility index (Phi) is 6.55. The molecule has 2 N–H and O–H groups in total. The van der Waals surface area contributed by atoms with Crippen molar-refractivity contribution >= 4 is 29.1 Å². The second-order valence-electron chi connectivity index (χ2n) is 8.12. The van der Waals surface area contributed by atoms with Crippen LogP contribution in [0.4, 0.5) is 11.6 Å². The highest BCUT2D eigenvalue weighted by Crippen LogP contribution is 2.36. The van der Waals surface area contributed by atoms with Crippen LogP contribution in [0.1, 0.15) is 24.1 Å². The molecule has 5 rings (SSSR count). The lowest BCUT2D eigenvalue weighted by molar-refractivity contribution is -0.113. The molecule has 0 spiro atoms. The monoisotopic (exact) mass is 502 g/mol. The minimum atomic E-state index is -0.552. The molecule has 2 heterocycles. The Morgan fingerprint density at radius 3 is 2.61 bits per heavy atom. The van der Waals surface area contributed by atoms with E-state index in [0.29, 0.717) is 46.0 Å². The number of allylic oxidation sites excluding steroid dienone is 1. The molecule has 1 unspecified atom stereocenters. The summed E-state index contributed by atoms with van der Waals surface area (Å²) in [6, 6.07) is 21.7. The molecule has 1 aliphatic heterocycles. The minimum Gasteiger partial charge on any atom is -0.495 e. The number of hydrogen-bond donors (Lipinski definition) is 2. The van der Waals surface area contributed by atoms with E-state index >= 15 is 0 Å². The lowest BCUT2D eigenvalue weighted by atomic mass is 9.95. The molecule has 182 valence electrons. The molecule has 4 aromatic rings. The molecule has 36 heavy (non-hydrogen) atoms. The first-order chi connectivity index (χ1) is 17.5. The number of carbonyl (C=O) groups excluding carboxylic acids is 1. The van der Waals surface area contributed by atoms with E-state index in [1.54, 1.807) is 23.9 Å². The number of carbonyl (C=O) groups is 1. The van der Waals surface area contributed by atoms with Crippen LogP contribution < -0.4 is 20.1 Å². The number of amides is 1. The van der Waals surface area contributed by atoms with Crippen LogP contribution in [0.3, 0.4) is 0 Å². The number of nitrogens with zero attached hydrogens (tertiary/aromatic N) is 4. The van der Waals surface area contributed by atoms with Gasteiger partial charge in [0.1, 0.15) is 24.1 Å². The number of aromatic nitrogens is 4. The summed E-state index contributed by atoms with van der Waals surface area (Å²) in [5, 5.41) is 18.7. The van der Waals surface area contributed by atoms with Crippen LogP contribution >= 0.6 is 11.6 Å². The number of ether oxygens (including phenoxy) is 2.